The van der Waals surface area contributed by atoms with Crippen LogP contribution in [0.3, 0.4) is 0 Å². The van der Waals surface area contributed by atoms with Crippen molar-refractivity contribution in [1.29, 1.82) is 0 Å². The van der Waals surface area contributed by atoms with Crippen molar-refractivity contribution >= 4 is 21.7 Å². The summed E-state index contributed by atoms with van der Waals surface area (Å²) in [5, 5.41) is 0. The molecule has 3 heteroatoms. The lowest BCUT2D eigenvalue weighted by atomic mass is 9.98. The Morgan fingerprint density at radius 1 is 1.24 bits per heavy atom. The summed E-state index contributed by atoms with van der Waals surface area (Å²) < 4.78 is 6.53. The second-order valence-corrected chi connectivity index (χ2v) is 5.33. The van der Waals surface area contributed by atoms with Crippen LogP contribution in [0, 0.1) is 0 Å². The molecule has 0 atom stereocenters. The highest BCUT2D eigenvalue weighted by Gasteiger charge is 2.16. The van der Waals surface area contributed by atoms with Crippen molar-refractivity contribution < 1.29 is 9.53 Å². The summed E-state index contributed by atoms with van der Waals surface area (Å²) >= 11 is 3.39. The van der Waals surface area contributed by atoms with Crippen molar-refractivity contribution in [3.63, 3.8) is 0 Å². The lowest BCUT2D eigenvalue weighted by molar-refractivity contribution is 0.0284. The number of carbonyl (C=O) groups excluding carboxylic acids is 1. The minimum Gasteiger partial charge on any atom is -0.370 e. The molecule has 17 heavy (non-hydrogen) atoms. The van der Waals surface area contributed by atoms with Gasteiger partial charge in [0.1, 0.15) is 6.61 Å². The van der Waals surface area contributed by atoms with Crippen LogP contribution in [0.5, 0.6) is 0 Å². The van der Waals surface area contributed by atoms with E-state index in [9.17, 15) is 4.79 Å². The monoisotopic (exact) mass is 296 g/mol. The lowest BCUT2D eigenvalue weighted by Crippen LogP contribution is -2.21. The molecule has 1 aromatic carbocycles. The first-order valence-electron chi connectivity index (χ1n) is 6.16. The van der Waals surface area contributed by atoms with E-state index >= 15 is 0 Å². The van der Waals surface area contributed by atoms with Crippen LogP contribution in [0.25, 0.3) is 0 Å². The Kier molecular flexibility index (Phi) is 4.75. The Hall–Kier alpha value is -0.670. The number of ketones is 1. The number of hydrogen-bond donors (Lipinski definition) is 0. The normalized spacial score (nSPS) is 17.0. The third-order valence-electron chi connectivity index (χ3n) is 3.18. The molecule has 1 aliphatic carbocycles. The van der Waals surface area contributed by atoms with Crippen molar-refractivity contribution in [3.8, 4) is 0 Å². The number of hydrogen-bond acceptors (Lipinski definition) is 2. The minimum atomic E-state index is 0.0584. The van der Waals surface area contributed by atoms with Crippen LogP contribution in [0.2, 0.25) is 0 Å². The second kappa shape index (κ2) is 6.31. The molecule has 1 aliphatic rings. The average molecular weight is 297 g/mol. The molecule has 0 saturated heterocycles. The smallest absolute Gasteiger partial charge is 0.189 e. The van der Waals surface area contributed by atoms with Gasteiger partial charge in [0.2, 0.25) is 0 Å². The molecule has 0 radical (unpaired) electrons. The molecule has 0 unspecified atom stereocenters. The zero-order valence-electron chi connectivity index (χ0n) is 9.82. The van der Waals surface area contributed by atoms with Gasteiger partial charge in [0, 0.05) is 10.0 Å². The van der Waals surface area contributed by atoms with Crippen LogP contribution in [0.4, 0.5) is 0 Å². The highest BCUT2D eigenvalue weighted by molar-refractivity contribution is 9.10. The standard InChI is InChI=1S/C14H17BrO2/c15-13-9-5-4-8-12(13)14(16)10-17-11-6-2-1-3-7-11/h4-5,8-9,11H,1-3,6-7,10H2. The Morgan fingerprint density at radius 3 is 2.65 bits per heavy atom. The zero-order valence-corrected chi connectivity index (χ0v) is 11.4. The van der Waals surface area contributed by atoms with Gasteiger partial charge in [-0.1, -0.05) is 53.4 Å². The predicted molar refractivity (Wildman–Crippen MR) is 71.3 cm³/mol. The molecule has 2 nitrogen and oxygen atoms in total. The van der Waals surface area contributed by atoms with Gasteiger partial charge in [0.25, 0.3) is 0 Å². The third-order valence-corrected chi connectivity index (χ3v) is 3.87. The number of carbonyl (C=O) groups is 1. The van der Waals surface area contributed by atoms with Gasteiger partial charge in [-0.3, -0.25) is 4.79 Å². The molecule has 0 N–H and O–H groups in total. The topological polar surface area (TPSA) is 26.3 Å². The largest absolute Gasteiger partial charge is 0.370 e. The van der Waals surface area contributed by atoms with Crippen LogP contribution in [0.1, 0.15) is 42.5 Å². The summed E-state index contributed by atoms with van der Waals surface area (Å²) in [5.74, 6) is 0.0584. The third kappa shape index (κ3) is 3.65. The summed E-state index contributed by atoms with van der Waals surface area (Å²) in [4.78, 5) is 12.0. The lowest BCUT2D eigenvalue weighted by Gasteiger charge is -2.21. The van der Waals surface area contributed by atoms with Crippen LogP contribution >= 0.6 is 15.9 Å². The molecule has 1 fully saturated rings. The first-order valence-corrected chi connectivity index (χ1v) is 6.96. The molecule has 0 heterocycles. The fourth-order valence-corrected chi connectivity index (χ4v) is 2.70. The Balaban J connectivity index is 1.87. The van der Waals surface area contributed by atoms with Gasteiger partial charge in [-0.05, 0) is 18.9 Å². The molecule has 2 rings (SSSR count). The average Bonchev–Trinajstić information content (AvgIpc) is 2.38. The molecule has 0 amide bonds. The highest BCUT2D eigenvalue weighted by atomic mass is 79.9. The number of ether oxygens (including phenoxy) is 1. The summed E-state index contributed by atoms with van der Waals surface area (Å²) in [6, 6.07) is 7.49. The quantitative estimate of drug-likeness (QED) is 0.786. The molecule has 0 spiro atoms. The number of benzene rings is 1. The fourth-order valence-electron chi connectivity index (χ4n) is 2.19. The van der Waals surface area contributed by atoms with E-state index in [1.165, 1.54) is 19.3 Å². The van der Waals surface area contributed by atoms with Gasteiger partial charge < -0.3 is 4.74 Å². The number of rotatable bonds is 4. The van der Waals surface area contributed by atoms with E-state index in [4.69, 9.17) is 4.74 Å². The van der Waals surface area contributed by atoms with Gasteiger partial charge >= 0.3 is 0 Å². The minimum absolute atomic E-state index is 0.0584. The number of halogens is 1. The first kappa shape index (κ1) is 12.8. The van der Waals surface area contributed by atoms with E-state index in [-0.39, 0.29) is 18.5 Å². The number of Topliss-reactive ketones (excluding diaryl/α,β-unsaturated/α-hetero) is 1. The first-order chi connectivity index (χ1) is 8.27. The van der Waals surface area contributed by atoms with Crippen LogP contribution in [-0.4, -0.2) is 18.5 Å². The Morgan fingerprint density at radius 2 is 1.94 bits per heavy atom. The van der Waals surface area contributed by atoms with Crippen LogP contribution < -0.4 is 0 Å². The van der Waals surface area contributed by atoms with E-state index in [1.807, 2.05) is 24.3 Å². The van der Waals surface area contributed by atoms with Gasteiger partial charge in [0.05, 0.1) is 6.10 Å². The van der Waals surface area contributed by atoms with Crippen LogP contribution in [-0.2, 0) is 4.74 Å². The highest BCUT2D eigenvalue weighted by Crippen LogP contribution is 2.21. The predicted octanol–water partition coefficient (Wildman–Crippen LogP) is 3.98. The SMILES string of the molecule is O=C(COC1CCCCC1)c1ccccc1Br. The molecule has 1 aromatic rings. The van der Waals surface area contributed by atoms with Gasteiger partial charge in [-0.15, -0.1) is 0 Å². The molecule has 0 aromatic heterocycles. The molecular weight excluding hydrogens is 280 g/mol. The van der Waals surface area contributed by atoms with Crippen molar-refractivity contribution in [2.45, 2.75) is 38.2 Å². The summed E-state index contributed by atoms with van der Waals surface area (Å²) in [6.07, 6.45) is 6.25. The Bertz CT molecular complexity index is 384. The van der Waals surface area contributed by atoms with Crippen molar-refractivity contribution in [3.05, 3.63) is 34.3 Å². The van der Waals surface area contributed by atoms with E-state index in [0.29, 0.717) is 5.56 Å². The molecule has 0 aliphatic heterocycles. The van der Waals surface area contributed by atoms with Gasteiger partial charge in [-0.2, -0.15) is 0 Å². The maximum atomic E-state index is 12.0. The molecule has 1 saturated carbocycles. The Labute approximate surface area is 110 Å². The summed E-state index contributed by atoms with van der Waals surface area (Å²) in [5.41, 5.74) is 0.711. The van der Waals surface area contributed by atoms with E-state index in [0.717, 1.165) is 17.3 Å². The van der Waals surface area contributed by atoms with E-state index < -0.39 is 0 Å². The van der Waals surface area contributed by atoms with Gasteiger partial charge in [0.15, 0.2) is 5.78 Å². The molecular formula is C14H17BrO2. The van der Waals surface area contributed by atoms with E-state index in [1.54, 1.807) is 0 Å². The maximum absolute atomic E-state index is 12.0. The fraction of sp³-hybridized carbons (Fsp3) is 0.500. The zero-order chi connectivity index (χ0) is 12.1. The molecule has 92 valence electrons. The van der Waals surface area contributed by atoms with Crippen molar-refractivity contribution in [1.82, 2.24) is 0 Å². The van der Waals surface area contributed by atoms with Gasteiger partial charge in [-0.25, -0.2) is 0 Å². The second-order valence-electron chi connectivity index (χ2n) is 4.47. The van der Waals surface area contributed by atoms with E-state index in [2.05, 4.69) is 15.9 Å². The maximum Gasteiger partial charge on any atom is 0.189 e. The van der Waals surface area contributed by atoms with Crippen molar-refractivity contribution in [2.75, 3.05) is 6.61 Å². The van der Waals surface area contributed by atoms with Crippen molar-refractivity contribution in [2.24, 2.45) is 0 Å². The summed E-state index contributed by atoms with van der Waals surface area (Å²) in [6.45, 7) is 0.202. The molecule has 0 bridgehead atoms. The van der Waals surface area contributed by atoms with Crippen LogP contribution in [0.15, 0.2) is 28.7 Å². The summed E-state index contributed by atoms with van der Waals surface area (Å²) in [7, 11) is 0.